The van der Waals surface area contributed by atoms with Crippen LogP contribution in [0.4, 0.5) is 11.5 Å². The van der Waals surface area contributed by atoms with Crippen molar-refractivity contribution in [2.24, 2.45) is 0 Å². The molecule has 0 radical (unpaired) electrons. The maximum atomic E-state index is 11.2. The predicted octanol–water partition coefficient (Wildman–Crippen LogP) is 3.13. The van der Waals surface area contributed by atoms with Gasteiger partial charge < -0.3 is 4.90 Å². The van der Waals surface area contributed by atoms with Crippen LogP contribution in [0.3, 0.4) is 0 Å². The van der Waals surface area contributed by atoms with Gasteiger partial charge in [-0.25, -0.2) is 9.97 Å². The Morgan fingerprint density at radius 1 is 1.12 bits per heavy atom. The monoisotopic (exact) mass is 324 g/mol. The highest BCUT2D eigenvalue weighted by atomic mass is 16.6. The Labute approximate surface area is 140 Å². The van der Waals surface area contributed by atoms with Gasteiger partial charge in [0.25, 0.3) is 5.69 Å². The van der Waals surface area contributed by atoms with Crippen molar-refractivity contribution in [3.63, 3.8) is 0 Å². The first-order chi connectivity index (χ1) is 11.6. The highest BCUT2D eigenvalue weighted by Gasteiger charge is 2.27. The molecular weight excluding hydrogens is 304 g/mol. The van der Waals surface area contributed by atoms with Crippen molar-refractivity contribution in [2.45, 2.75) is 45.6 Å². The molecule has 4 rings (SSSR count). The number of aromatic nitrogens is 2. The minimum absolute atomic E-state index is 0.244. The number of hydrogen-bond acceptors (Lipinski definition) is 5. The second-order valence-electron chi connectivity index (χ2n) is 6.57. The van der Waals surface area contributed by atoms with E-state index >= 15 is 0 Å². The van der Waals surface area contributed by atoms with E-state index in [2.05, 4.69) is 9.88 Å². The third-order valence-electron chi connectivity index (χ3n) is 5.01. The SMILES string of the molecule is Cc1nc2c(c(N3CCc4c(cccc4[N+](=O)[O-])C3)n1)CCCC2. The summed E-state index contributed by atoms with van der Waals surface area (Å²) < 4.78 is 0. The lowest BCUT2D eigenvalue weighted by molar-refractivity contribution is -0.385. The molecule has 0 N–H and O–H groups in total. The fraction of sp³-hybridized carbons (Fsp3) is 0.444. The van der Waals surface area contributed by atoms with Crippen molar-refractivity contribution in [3.8, 4) is 0 Å². The second-order valence-corrected chi connectivity index (χ2v) is 6.57. The molecule has 1 aromatic carbocycles. The van der Waals surface area contributed by atoms with Crippen molar-refractivity contribution in [1.29, 1.82) is 0 Å². The van der Waals surface area contributed by atoms with Crippen LogP contribution in [0.25, 0.3) is 0 Å². The highest BCUT2D eigenvalue weighted by molar-refractivity contribution is 5.55. The van der Waals surface area contributed by atoms with E-state index in [1.807, 2.05) is 13.0 Å². The van der Waals surface area contributed by atoms with Gasteiger partial charge in [-0.2, -0.15) is 0 Å². The number of benzene rings is 1. The standard InChI is InChI=1S/C18H20N4O2/c1-12-19-16-7-3-2-6-15(16)18(20-12)21-10-9-14-13(11-21)5-4-8-17(14)22(23)24/h4-5,8H,2-3,6-7,9-11H2,1H3. The van der Waals surface area contributed by atoms with Gasteiger partial charge in [0.15, 0.2) is 0 Å². The van der Waals surface area contributed by atoms with Crippen LogP contribution in [0.2, 0.25) is 0 Å². The molecule has 124 valence electrons. The largest absolute Gasteiger partial charge is 0.352 e. The Kier molecular flexibility index (Phi) is 3.67. The van der Waals surface area contributed by atoms with Gasteiger partial charge in [0.2, 0.25) is 0 Å². The molecule has 0 bridgehead atoms. The van der Waals surface area contributed by atoms with Crippen molar-refractivity contribution in [3.05, 3.63) is 56.5 Å². The summed E-state index contributed by atoms with van der Waals surface area (Å²) >= 11 is 0. The summed E-state index contributed by atoms with van der Waals surface area (Å²) in [5, 5.41) is 11.2. The number of anilines is 1. The molecule has 1 aliphatic carbocycles. The molecule has 2 aromatic rings. The predicted molar refractivity (Wildman–Crippen MR) is 91.3 cm³/mol. The summed E-state index contributed by atoms with van der Waals surface area (Å²) in [4.78, 5) is 22.6. The first-order valence-corrected chi connectivity index (χ1v) is 8.50. The molecule has 2 heterocycles. The highest BCUT2D eigenvalue weighted by Crippen LogP contribution is 2.33. The van der Waals surface area contributed by atoms with Crippen LogP contribution in [0.1, 0.15) is 41.1 Å². The zero-order valence-corrected chi connectivity index (χ0v) is 13.8. The summed E-state index contributed by atoms with van der Waals surface area (Å²) in [6, 6.07) is 5.38. The van der Waals surface area contributed by atoms with Crippen LogP contribution in [0, 0.1) is 17.0 Å². The van der Waals surface area contributed by atoms with E-state index in [1.165, 1.54) is 24.1 Å². The van der Waals surface area contributed by atoms with Crippen LogP contribution < -0.4 is 4.90 Å². The second kappa shape index (κ2) is 5.85. The number of nitrogens with zero attached hydrogens (tertiary/aromatic N) is 4. The number of nitro benzene ring substituents is 1. The van der Waals surface area contributed by atoms with Gasteiger partial charge in [0, 0.05) is 36.0 Å². The normalized spacial score (nSPS) is 16.5. The molecule has 1 aromatic heterocycles. The molecule has 0 saturated carbocycles. The average Bonchev–Trinajstić information content (AvgIpc) is 2.59. The average molecular weight is 324 g/mol. The summed E-state index contributed by atoms with van der Waals surface area (Å²) in [5.74, 6) is 1.85. The number of fused-ring (bicyclic) bond motifs is 2. The number of aryl methyl sites for hydroxylation is 2. The number of rotatable bonds is 2. The maximum Gasteiger partial charge on any atom is 0.272 e. The summed E-state index contributed by atoms with van der Waals surface area (Å²) in [6.07, 6.45) is 5.12. The van der Waals surface area contributed by atoms with Gasteiger partial charge in [-0.3, -0.25) is 10.1 Å². The van der Waals surface area contributed by atoms with E-state index in [-0.39, 0.29) is 10.6 Å². The quantitative estimate of drug-likeness (QED) is 0.627. The Morgan fingerprint density at radius 2 is 1.96 bits per heavy atom. The van der Waals surface area contributed by atoms with E-state index in [1.54, 1.807) is 12.1 Å². The minimum atomic E-state index is -0.273. The minimum Gasteiger partial charge on any atom is -0.352 e. The van der Waals surface area contributed by atoms with E-state index in [4.69, 9.17) is 4.98 Å². The van der Waals surface area contributed by atoms with E-state index in [0.29, 0.717) is 13.0 Å². The fourth-order valence-corrected chi connectivity index (χ4v) is 3.90. The van der Waals surface area contributed by atoms with E-state index in [0.717, 1.165) is 42.2 Å². The molecule has 6 heteroatoms. The Hall–Kier alpha value is -2.50. The molecule has 2 aliphatic rings. The molecule has 0 unspecified atom stereocenters. The van der Waals surface area contributed by atoms with Crippen LogP contribution in [-0.2, 0) is 25.8 Å². The molecule has 0 spiro atoms. The zero-order chi connectivity index (χ0) is 16.7. The first-order valence-electron chi connectivity index (χ1n) is 8.50. The van der Waals surface area contributed by atoms with Crippen LogP contribution in [0.5, 0.6) is 0 Å². The van der Waals surface area contributed by atoms with Crippen LogP contribution >= 0.6 is 0 Å². The van der Waals surface area contributed by atoms with Gasteiger partial charge in [-0.05, 0) is 44.6 Å². The Balaban J connectivity index is 1.72. The van der Waals surface area contributed by atoms with Gasteiger partial charge in [0.05, 0.1) is 4.92 Å². The molecule has 6 nitrogen and oxygen atoms in total. The zero-order valence-electron chi connectivity index (χ0n) is 13.8. The molecule has 1 aliphatic heterocycles. The third kappa shape index (κ3) is 2.52. The van der Waals surface area contributed by atoms with Crippen molar-refractivity contribution in [1.82, 2.24) is 9.97 Å². The fourth-order valence-electron chi connectivity index (χ4n) is 3.90. The molecule has 0 saturated heterocycles. The van der Waals surface area contributed by atoms with Gasteiger partial charge in [-0.15, -0.1) is 0 Å². The Morgan fingerprint density at radius 3 is 2.79 bits per heavy atom. The molecule has 0 atom stereocenters. The molecular formula is C18H20N4O2. The topological polar surface area (TPSA) is 72.2 Å². The summed E-state index contributed by atoms with van der Waals surface area (Å²) in [5.41, 5.74) is 4.62. The van der Waals surface area contributed by atoms with Gasteiger partial charge >= 0.3 is 0 Å². The van der Waals surface area contributed by atoms with Crippen LogP contribution in [-0.4, -0.2) is 21.4 Å². The molecule has 0 amide bonds. The van der Waals surface area contributed by atoms with E-state index in [9.17, 15) is 10.1 Å². The maximum absolute atomic E-state index is 11.2. The lowest BCUT2D eigenvalue weighted by Gasteiger charge is -2.32. The molecule has 24 heavy (non-hydrogen) atoms. The number of nitro groups is 1. The summed E-state index contributed by atoms with van der Waals surface area (Å²) in [7, 11) is 0. The lowest BCUT2D eigenvalue weighted by Crippen LogP contribution is -2.33. The van der Waals surface area contributed by atoms with Crippen molar-refractivity contribution < 1.29 is 4.92 Å². The Bertz CT molecular complexity index is 819. The third-order valence-corrected chi connectivity index (χ3v) is 5.01. The van der Waals surface area contributed by atoms with Gasteiger partial charge in [-0.1, -0.05) is 12.1 Å². The summed E-state index contributed by atoms with van der Waals surface area (Å²) in [6.45, 7) is 3.39. The van der Waals surface area contributed by atoms with Crippen LogP contribution in [0.15, 0.2) is 18.2 Å². The first kappa shape index (κ1) is 15.1. The smallest absolute Gasteiger partial charge is 0.272 e. The van der Waals surface area contributed by atoms with Crippen molar-refractivity contribution in [2.75, 3.05) is 11.4 Å². The lowest BCUT2D eigenvalue weighted by atomic mass is 9.94. The molecule has 0 fully saturated rings. The van der Waals surface area contributed by atoms with Crippen molar-refractivity contribution >= 4 is 11.5 Å². The van der Waals surface area contributed by atoms with Gasteiger partial charge in [0.1, 0.15) is 11.6 Å². The number of hydrogen-bond donors (Lipinski definition) is 0. The van der Waals surface area contributed by atoms with E-state index < -0.39 is 0 Å².